The van der Waals surface area contributed by atoms with Gasteiger partial charge in [-0.3, -0.25) is 0 Å². The predicted molar refractivity (Wildman–Crippen MR) is 64.2 cm³/mol. The molecule has 0 aliphatic heterocycles. The van der Waals surface area contributed by atoms with Crippen molar-refractivity contribution >= 4 is 34.5 Å². The Bertz CT molecular complexity index is 345. The minimum absolute atomic E-state index is 0.0256. The zero-order valence-electron chi connectivity index (χ0n) is 8.98. The van der Waals surface area contributed by atoms with E-state index in [1.54, 1.807) is 0 Å². The maximum Gasteiger partial charge on any atom is 0.411 e. The molecule has 0 aromatic carbocycles. The zero-order valence-corrected chi connectivity index (χ0v) is 11.3. The Kier molecular flexibility index (Phi) is 5.57. The van der Waals surface area contributed by atoms with E-state index >= 15 is 0 Å². The van der Waals surface area contributed by atoms with Gasteiger partial charge in [-0.2, -0.15) is 13.2 Å². The number of hydrogen-bond acceptors (Lipinski definition) is 2. The fourth-order valence-electron chi connectivity index (χ4n) is 1.15. The highest BCUT2D eigenvalue weighted by molar-refractivity contribution is 7.16. The van der Waals surface area contributed by atoms with Crippen LogP contribution >= 0.6 is 34.5 Å². The number of ether oxygens (including phenoxy) is 1. The molecule has 0 aliphatic rings. The molecule has 0 amide bonds. The maximum atomic E-state index is 11.8. The summed E-state index contributed by atoms with van der Waals surface area (Å²) in [6.07, 6.45) is -3.96. The first-order valence-electron chi connectivity index (χ1n) is 4.84. The van der Waals surface area contributed by atoms with Gasteiger partial charge in [-0.15, -0.1) is 22.9 Å². The van der Waals surface area contributed by atoms with E-state index in [1.807, 2.05) is 13.0 Å². The normalized spacial score (nSPS) is 14.0. The molecule has 1 rings (SSSR count). The Morgan fingerprint density at radius 2 is 2.12 bits per heavy atom. The molecule has 1 aromatic heterocycles. The molecule has 0 N–H and O–H groups in total. The van der Waals surface area contributed by atoms with E-state index in [0.717, 1.165) is 10.4 Å². The van der Waals surface area contributed by atoms with Crippen molar-refractivity contribution in [3.63, 3.8) is 0 Å². The summed E-state index contributed by atoms with van der Waals surface area (Å²) in [7, 11) is 0. The monoisotopic (exact) mass is 306 g/mol. The molecule has 0 bridgehead atoms. The molecule has 0 saturated carbocycles. The SMILES string of the molecule is Cc1cc(C(Cl)CCOCC(F)(F)F)sc1Cl. The minimum Gasteiger partial charge on any atom is -0.372 e. The van der Waals surface area contributed by atoms with Crippen LogP contribution in [0.25, 0.3) is 0 Å². The molecule has 1 nitrogen and oxygen atoms in total. The van der Waals surface area contributed by atoms with Crippen molar-refractivity contribution < 1.29 is 17.9 Å². The Morgan fingerprint density at radius 3 is 2.59 bits per heavy atom. The van der Waals surface area contributed by atoms with Crippen LogP contribution in [-0.2, 0) is 4.74 Å². The van der Waals surface area contributed by atoms with Crippen molar-refractivity contribution in [2.45, 2.75) is 24.9 Å². The van der Waals surface area contributed by atoms with Crippen LogP contribution in [0.5, 0.6) is 0 Å². The second-order valence-electron chi connectivity index (χ2n) is 3.53. The highest BCUT2D eigenvalue weighted by atomic mass is 35.5. The fourth-order valence-corrected chi connectivity index (χ4v) is 2.67. The van der Waals surface area contributed by atoms with Gasteiger partial charge < -0.3 is 4.74 Å². The van der Waals surface area contributed by atoms with E-state index < -0.39 is 12.8 Å². The lowest BCUT2D eigenvalue weighted by Crippen LogP contribution is -2.17. The van der Waals surface area contributed by atoms with Crippen LogP contribution in [0.15, 0.2) is 6.07 Å². The Labute approximate surface area is 111 Å². The average molecular weight is 307 g/mol. The van der Waals surface area contributed by atoms with Crippen LogP contribution in [0.3, 0.4) is 0 Å². The van der Waals surface area contributed by atoms with E-state index in [9.17, 15) is 13.2 Å². The van der Waals surface area contributed by atoms with Gasteiger partial charge in [-0.05, 0) is 25.0 Å². The Morgan fingerprint density at radius 1 is 1.47 bits per heavy atom. The molecule has 0 radical (unpaired) electrons. The molecule has 1 unspecified atom stereocenters. The lowest BCUT2D eigenvalue weighted by Gasteiger charge is -2.09. The van der Waals surface area contributed by atoms with E-state index in [0.29, 0.717) is 10.8 Å². The predicted octanol–water partition coefficient (Wildman–Crippen LogP) is 4.96. The Balaban J connectivity index is 2.33. The summed E-state index contributed by atoms with van der Waals surface area (Å²) in [6, 6.07) is 1.84. The minimum atomic E-state index is -4.29. The quantitative estimate of drug-likeness (QED) is 0.552. The zero-order chi connectivity index (χ0) is 13.1. The van der Waals surface area contributed by atoms with Gasteiger partial charge >= 0.3 is 6.18 Å². The van der Waals surface area contributed by atoms with E-state index in [-0.39, 0.29) is 12.0 Å². The van der Waals surface area contributed by atoms with Gasteiger partial charge in [-0.1, -0.05) is 11.6 Å². The van der Waals surface area contributed by atoms with Gasteiger partial charge in [-0.25, -0.2) is 0 Å². The third-order valence-corrected chi connectivity index (χ3v) is 4.22. The van der Waals surface area contributed by atoms with Crippen LogP contribution in [0.4, 0.5) is 13.2 Å². The summed E-state index contributed by atoms with van der Waals surface area (Å²) < 4.78 is 40.5. The van der Waals surface area contributed by atoms with Crippen LogP contribution in [-0.4, -0.2) is 19.4 Å². The van der Waals surface area contributed by atoms with Gasteiger partial charge in [0.25, 0.3) is 0 Å². The number of alkyl halides is 4. The number of hydrogen-bond donors (Lipinski definition) is 0. The molecule has 7 heteroatoms. The van der Waals surface area contributed by atoms with Gasteiger partial charge in [0, 0.05) is 11.5 Å². The van der Waals surface area contributed by atoms with E-state index in [4.69, 9.17) is 23.2 Å². The average Bonchev–Trinajstić information content (AvgIpc) is 2.52. The molecule has 17 heavy (non-hydrogen) atoms. The molecule has 98 valence electrons. The van der Waals surface area contributed by atoms with E-state index in [2.05, 4.69) is 4.74 Å². The van der Waals surface area contributed by atoms with Crippen molar-refractivity contribution in [3.8, 4) is 0 Å². The third kappa shape index (κ3) is 5.46. The summed E-state index contributed by atoms with van der Waals surface area (Å²) in [6.45, 7) is 0.592. The van der Waals surface area contributed by atoms with Crippen molar-refractivity contribution in [1.29, 1.82) is 0 Å². The second kappa shape index (κ2) is 6.27. The maximum absolute atomic E-state index is 11.8. The molecule has 0 fully saturated rings. The first-order chi connectivity index (χ1) is 7.79. The molecule has 1 atom stereocenters. The molecular formula is C10H11Cl2F3OS. The van der Waals surface area contributed by atoms with Crippen LogP contribution in [0.2, 0.25) is 4.34 Å². The highest BCUT2D eigenvalue weighted by Crippen LogP contribution is 2.35. The van der Waals surface area contributed by atoms with Crippen molar-refractivity contribution in [3.05, 3.63) is 20.8 Å². The summed E-state index contributed by atoms with van der Waals surface area (Å²) >= 11 is 13.2. The largest absolute Gasteiger partial charge is 0.411 e. The molecule has 1 aromatic rings. The second-order valence-corrected chi connectivity index (χ2v) is 5.74. The summed E-state index contributed by atoms with van der Waals surface area (Å²) in [5.41, 5.74) is 0.925. The fraction of sp³-hybridized carbons (Fsp3) is 0.600. The van der Waals surface area contributed by atoms with Crippen LogP contribution in [0.1, 0.15) is 22.2 Å². The van der Waals surface area contributed by atoms with E-state index in [1.165, 1.54) is 11.3 Å². The lowest BCUT2D eigenvalue weighted by molar-refractivity contribution is -0.174. The Hall–Kier alpha value is 0.0300. The standard InChI is InChI=1S/C10H11Cl2F3OS/c1-6-4-8(17-9(6)12)7(11)2-3-16-5-10(13,14)15/h4,7H,2-3,5H2,1H3. The summed E-state index contributed by atoms with van der Waals surface area (Å²) in [5, 5.41) is -0.362. The van der Waals surface area contributed by atoms with Crippen molar-refractivity contribution in [2.75, 3.05) is 13.2 Å². The van der Waals surface area contributed by atoms with Gasteiger partial charge in [0.2, 0.25) is 0 Å². The number of rotatable bonds is 5. The first kappa shape index (κ1) is 15.1. The summed E-state index contributed by atoms with van der Waals surface area (Å²) in [5.74, 6) is 0. The highest BCUT2D eigenvalue weighted by Gasteiger charge is 2.27. The van der Waals surface area contributed by atoms with Gasteiger partial charge in [0.05, 0.1) is 9.71 Å². The lowest BCUT2D eigenvalue weighted by atomic mass is 10.2. The number of thiophene rings is 1. The first-order valence-corrected chi connectivity index (χ1v) is 6.47. The molecule has 0 saturated heterocycles. The molecular weight excluding hydrogens is 296 g/mol. The summed E-state index contributed by atoms with van der Waals surface area (Å²) in [4.78, 5) is 0.852. The van der Waals surface area contributed by atoms with Crippen LogP contribution in [0, 0.1) is 6.92 Å². The van der Waals surface area contributed by atoms with Gasteiger partial charge in [0.15, 0.2) is 0 Å². The third-order valence-electron chi connectivity index (χ3n) is 1.97. The van der Waals surface area contributed by atoms with Crippen molar-refractivity contribution in [2.24, 2.45) is 0 Å². The molecule has 1 heterocycles. The van der Waals surface area contributed by atoms with Crippen LogP contribution < -0.4 is 0 Å². The number of halogens is 5. The topological polar surface area (TPSA) is 9.23 Å². The smallest absolute Gasteiger partial charge is 0.372 e. The van der Waals surface area contributed by atoms with Gasteiger partial charge in [0.1, 0.15) is 6.61 Å². The molecule has 0 spiro atoms. The number of aryl methyl sites for hydroxylation is 1. The molecule has 0 aliphatic carbocycles. The van der Waals surface area contributed by atoms with Crippen molar-refractivity contribution in [1.82, 2.24) is 0 Å².